The Hall–Kier alpha value is -1.56. The fraction of sp³-hybridized carbons (Fsp3) is 0.0909. The third-order valence-corrected chi connectivity index (χ3v) is 6.23. The Labute approximate surface area is 217 Å². The van der Waals surface area contributed by atoms with Crippen molar-refractivity contribution >= 4 is 86.2 Å². The summed E-state index contributed by atoms with van der Waals surface area (Å²) in [7, 11) is 0. The van der Waals surface area contributed by atoms with E-state index in [9.17, 15) is 4.79 Å². The monoisotopic (exact) mass is 679 g/mol. The molecule has 3 rings (SSSR count). The first-order chi connectivity index (χ1) is 14.9. The van der Waals surface area contributed by atoms with Crippen molar-refractivity contribution in [2.24, 2.45) is 5.10 Å². The van der Waals surface area contributed by atoms with Gasteiger partial charge in [0.05, 0.1) is 19.9 Å². The first kappa shape index (κ1) is 24.1. The highest BCUT2D eigenvalue weighted by Crippen LogP contribution is 2.30. The van der Waals surface area contributed by atoms with Crippen LogP contribution in [0.3, 0.4) is 0 Å². The van der Waals surface area contributed by atoms with Crippen molar-refractivity contribution in [1.29, 1.82) is 0 Å². The van der Waals surface area contributed by atoms with Gasteiger partial charge in [-0.05, 0) is 87.1 Å². The SMILES string of the molecule is O=C(CNc1ccccc1)N/N=C\c1cc(I)c(OCc2ccc(Cl)cc2Cl)c(I)c1. The Balaban J connectivity index is 1.56. The van der Waals surface area contributed by atoms with Crippen LogP contribution in [0.5, 0.6) is 5.75 Å². The summed E-state index contributed by atoms with van der Waals surface area (Å²) in [6.07, 6.45) is 1.60. The van der Waals surface area contributed by atoms with Crippen LogP contribution in [-0.2, 0) is 11.4 Å². The standard InChI is InChI=1S/C22H17Cl2I2N3O2/c23-16-7-6-15(18(24)10-16)13-31-22-19(25)8-14(9-20(22)26)11-28-29-21(30)12-27-17-4-2-1-3-5-17/h1-11,27H,12-13H2,(H,29,30)/b28-11-. The van der Waals surface area contributed by atoms with Gasteiger partial charge >= 0.3 is 0 Å². The number of ether oxygens (including phenoxy) is 1. The maximum atomic E-state index is 11.9. The molecule has 0 saturated carbocycles. The van der Waals surface area contributed by atoms with E-state index in [-0.39, 0.29) is 12.5 Å². The summed E-state index contributed by atoms with van der Waals surface area (Å²) in [5.74, 6) is 0.532. The van der Waals surface area contributed by atoms with E-state index >= 15 is 0 Å². The number of nitrogens with one attached hydrogen (secondary N) is 2. The van der Waals surface area contributed by atoms with Gasteiger partial charge in [0.25, 0.3) is 5.91 Å². The highest BCUT2D eigenvalue weighted by molar-refractivity contribution is 14.1. The zero-order valence-electron chi connectivity index (χ0n) is 16.0. The van der Waals surface area contributed by atoms with Crippen molar-refractivity contribution in [2.75, 3.05) is 11.9 Å². The summed E-state index contributed by atoms with van der Waals surface area (Å²) >= 11 is 16.6. The van der Waals surface area contributed by atoms with E-state index in [1.807, 2.05) is 48.5 Å². The maximum absolute atomic E-state index is 11.9. The first-order valence-corrected chi connectivity index (χ1v) is 12.0. The summed E-state index contributed by atoms with van der Waals surface area (Å²) in [5.41, 5.74) is 5.10. The molecule has 5 nitrogen and oxygen atoms in total. The van der Waals surface area contributed by atoms with Crippen molar-refractivity contribution in [3.8, 4) is 5.75 Å². The minimum absolute atomic E-state index is 0.135. The van der Waals surface area contributed by atoms with Gasteiger partial charge in [-0.3, -0.25) is 4.79 Å². The Kier molecular flexibility index (Phi) is 9.24. The molecule has 0 aliphatic heterocycles. The summed E-state index contributed by atoms with van der Waals surface area (Å²) < 4.78 is 7.83. The van der Waals surface area contributed by atoms with Gasteiger partial charge in [0, 0.05) is 21.3 Å². The fourth-order valence-electron chi connectivity index (χ4n) is 2.54. The number of rotatable bonds is 8. The van der Waals surface area contributed by atoms with Crippen LogP contribution in [0.4, 0.5) is 5.69 Å². The molecule has 0 atom stereocenters. The number of halogens is 4. The van der Waals surface area contributed by atoms with Gasteiger partial charge in [-0.25, -0.2) is 5.43 Å². The minimum atomic E-state index is -0.232. The third-order valence-electron chi connectivity index (χ3n) is 4.04. The zero-order chi connectivity index (χ0) is 22.2. The van der Waals surface area contributed by atoms with Crippen LogP contribution in [0.15, 0.2) is 65.8 Å². The van der Waals surface area contributed by atoms with E-state index in [0.717, 1.165) is 29.7 Å². The van der Waals surface area contributed by atoms with Gasteiger partial charge < -0.3 is 10.1 Å². The van der Waals surface area contributed by atoms with Crippen LogP contribution < -0.4 is 15.5 Å². The number of benzene rings is 3. The van der Waals surface area contributed by atoms with E-state index in [0.29, 0.717) is 16.7 Å². The number of anilines is 1. The molecular formula is C22H17Cl2I2N3O2. The predicted octanol–water partition coefficient (Wildman–Crippen LogP) is 6.34. The average molecular weight is 680 g/mol. The van der Waals surface area contributed by atoms with E-state index in [1.165, 1.54) is 0 Å². The molecule has 3 aromatic rings. The number of amides is 1. The van der Waals surface area contributed by atoms with Gasteiger partial charge in [-0.2, -0.15) is 5.10 Å². The molecule has 160 valence electrons. The van der Waals surface area contributed by atoms with Crippen LogP contribution >= 0.6 is 68.4 Å². The third kappa shape index (κ3) is 7.51. The topological polar surface area (TPSA) is 62.7 Å². The van der Waals surface area contributed by atoms with Gasteiger partial charge in [-0.1, -0.05) is 47.5 Å². The Morgan fingerprint density at radius 1 is 1.03 bits per heavy atom. The van der Waals surface area contributed by atoms with Crippen LogP contribution in [0, 0.1) is 7.14 Å². The highest BCUT2D eigenvalue weighted by atomic mass is 127. The molecule has 0 aliphatic carbocycles. The number of hydrogen-bond donors (Lipinski definition) is 2. The normalized spacial score (nSPS) is 10.8. The van der Waals surface area contributed by atoms with Crippen molar-refractivity contribution < 1.29 is 9.53 Å². The van der Waals surface area contributed by atoms with E-state index in [4.69, 9.17) is 27.9 Å². The molecule has 0 fully saturated rings. The molecule has 0 heterocycles. The predicted molar refractivity (Wildman–Crippen MR) is 143 cm³/mol. The number of carbonyl (C=O) groups excluding carboxylic acids is 1. The van der Waals surface area contributed by atoms with Crippen molar-refractivity contribution in [3.63, 3.8) is 0 Å². The summed E-state index contributed by atoms with van der Waals surface area (Å²) in [4.78, 5) is 11.9. The molecule has 2 N–H and O–H groups in total. The van der Waals surface area contributed by atoms with Gasteiger partial charge in [-0.15, -0.1) is 0 Å². The number of carbonyl (C=O) groups is 1. The lowest BCUT2D eigenvalue weighted by Gasteiger charge is -2.12. The molecule has 0 aromatic heterocycles. The summed E-state index contributed by atoms with van der Waals surface area (Å²) in [6, 6.07) is 18.7. The van der Waals surface area contributed by atoms with Crippen molar-refractivity contribution in [3.05, 3.63) is 89.0 Å². The highest BCUT2D eigenvalue weighted by Gasteiger charge is 2.10. The van der Waals surface area contributed by atoms with Crippen LogP contribution in [0.25, 0.3) is 0 Å². The smallest absolute Gasteiger partial charge is 0.259 e. The largest absolute Gasteiger partial charge is 0.487 e. The van der Waals surface area contributed by atoms with Gasteiger partial charge in [0.2, 0.25) is 0 Å². The molecule has 0 bridgehead atoms. The Bertz CT molecular complexity index is 1070. The number of hydrogen-bond acceptors (Lipinski definition) is 4. The molecule has 1 amide bonds. The molecule has 3 aromatic carbocycles. The second-order valence-electron chi connectivity index (χ2n) is 6.35. The molecule has 0 saturated heterocycles. The lowest BCUT2D eigenvalue weighted by Crippen LogP contribution is -2.25. The van der Waals surface area contributed by atoms with Crippen molar-refractivity contribution in [2.45, 2.75) is 6.61 Å². The van der Waals surface area contributed by atoms with Crippen LogP contribution in [0.1, 0.15) is 11.1 Å². The van der Waals surface area contributed by atoms with E-state index < -0.39 is 0 Å². The molecule has 0 aliphatic rings. The van der Waals surface area contributed by atoms with Gasteiger partial charge in [0.15, 0.2) is 0 Å². The second-order valence-corrected chi connectivity index (χ2v) is 9.52. The maximum Gasteiger partial charge on any atom is 0.259 e. The molecule has 9 heteroatoms. The minimum Gasteiger partial charge on any atom is -0.487 e. The number of para-hydroxylation sites is 1. The fourth-order valence-corrected chi connectivity index (χ4v) is 5.13. The zero-order valence-corrected chi connectivity index (χ0v) is 21.9. The lowest BCUT2D eigenvalue weighted by molar-refractivity contribution is -0.119. The second kappa shape index (κ2) is 11.9. The van der Waals surface area contributed by atoms with Crippen LogP contribution in [0.2, 0.25) is 10.0 Å². The molecule has 0 unspecified atom stereocenters. The molecule has 31 heavy (non-hydrogen) atoms. The Morgan fingerprint density at radius 2 is 1.74 bits per heavy atom. The van der Waals surface area contributed by atoms with E-state index in [1.54, 1.807) is 18.3 Å². The summed E-state index contributed by atoms with van der Waals surface area (Å²) in [6.45, 7) is 0.469. The quantitative estimate of drug-likeness (QED) is 0.166. The van der Waals surface area contributed by atoms with E-state index in [2.05, 4.69) is 61.0 Å². The lowest BCUT2D eigenvalue weighted by atomic mass is 10.2. The number of nitrogens with zero attached hydrogens (tertiary/aromatic N) is 1. The number of hydrazone groups is 1. The molecule has 0 spiro atoms. The van der Waals surface area contributed by atoms with Crippen molar-refractivity contribution in [1.82, 2.24) is 5.43 Å². The summed E-state index contributed by atoms with van der Waals surface area (Å²) in [5, 5.41) is 8.22. The molecule has 0 radical (unpaired) electrons. The Morgan fingerprint density at radius 3 is 2.42 bits per heavy atom. The average Bonchev–Trinajstić information content (AvgIpc) is 2.74. The first-order valence-electron chi connectivity index (χ1n) is 9.09. The van der Waals surface area contributed by atoms with Crippen LogP contribution in [-0.4, -0.2) is 18.7 Å². The van der Waals surface area contributed by atoms with Gasteiger partial charge in [0.1, 0.15) is 12.4 Å². The molecular weight excluding hydrogens is 663 g/mol.